The van der Waals surface area contributed by atoms with Crippen LogP contribution in [0, 0.1) is 6.92 Å². The van der Waals surface area contributed by atoms with Crippen molar-refractivity contribution < 1.29 is 4.21 Å². The summed E-state index contributed by atoms with van der Waals surface area (Å²) in [5.74, 6) is 0. The highest BCUT2D eigenvalue weighted by Crippen LogP contribution is 2.16. The second kappa shape index (κ2) is 6.64. The highest BCUT2D eigenvalue weighted by molar-refractivity contribution is 7.85. The molecule has 1 aromatic heterocycles. The topological polar surface area (TPSA) is 54.9 Å². The molecule has 1 aromatic rings. The van der Waals surface area contributed by atoms with Crippen LogP contribution in [-0.4, -0.2) is 32.5 Å². The molecule has 1 fully saturated rings. The summed E-state index contributed by atoms with van der Waals surface area (Å²) in [6, 6.07) is 1.67. The third-order valence-electron chi connectivity index (χ3n) is 2.54. The molecule has 0 aliphatic carbocycles. The average Bonchev–Trinajstić information content (AvgIpc) is 2.28. The number of piperidine rings is 1. The second-order valence-corrected chi connectivity index (χ2v) is 5.89. The van der Waals surface area contributed by atoms with Crippen molar-refractivity contribution in [1.29, 1.82) is 0 Å². The van der Waals surface area contributed by atoms with Crippen molar-refractivity contribution in [2.75, 3.05) is 13.1 Å². The third kappa shape index (κ3) is 3.88. The zero-order valence-corrected chi connectivity index (χ0v) is 11.9. The van der Waals surface area contributed by atoms with Crippen molar-refractivity contribution >= 4 is 34.8 Å². The summed E-state index contributed by atoms with van der Waals surface area (Å²) in [4.78, 5) is 8.22. The summed E-state index contributed by atoms with van der Waals surface area (Å²) in [7, 11) is -1.16. The van der Waals surface area contributed by atoms with Crippen LogP contribution in [0.3, 0.4) is 0 Å². The lowest BCUT2D eigenvalue weighted by molar-refractivity contribution is 0.517. The van der Waals surface area contributed by atoms with Gasteiger partial charge in [-0.1, -0.05) is 11.6 Å². The quantitative estimate of drug-likeness (QED) is 0.667. The maximum absolute atomic E-state index is 12.2. The van der Waals surface area contributed by atoms with Crippen LogP contribution in [0.15, 0.2) is 11.2 Å². The molecule has 2 unspecified atom stereocenters. The van der Waals surface area contributed by atoms with Crippen molar-refractivity contribution in [2.24, 2.45) is 0 Å². The normalized spacial score (nSPS) is 21.6. The fourth-order valence-electron chi connectivity index (χ4n) is 1.75. The standard InChI is InChI=1S/C10H14ClN3OS.ClH/c1-7-5-9(11)14-10(13-7)16(15)8-3-2-4-12-6-8;/h5,8,12H,2-4,6H2,1H3;1H. The molecule has 2 atom stereocenters. The Morgan fingerprint density at radius 2 is 2.29 bits per heavy atom. The molecule has 0 amide bonds. The molecule has 17 heavy (non-hydrogen) atoms. The molecule has 1 aliphatic rings. The number of halogens is 2. The summed E-state index contributed by atoms with van der Waals surface area (Å²) in [6.07, 6.45) is 2.00. The summed E-state index contributed by atoms with van der Waals surface area (Å²) in [5, 5.41) is 4.06. The molecule has 0 spiro atoms. The van der Waals surface area contributed by atoms with Gasteiger partial charge in [-0.15, -0.1) is 12.4 Å². The second-order valence-electron chi connectivity index (χ2n) is 3.88. The van der Waals surface area contributed by atoms with Crippen LogP contribution < -0.4 is 5.32 Å². The monoisotopic (exact) mass is 295 g/mol. The number of aryl methyl sites for hydroxylation is 1. The Kier molecular flexibility index (Phi) is 5.79. The van der Waals surface area contributed by atoms with E-state index < -0.39 is 10.8 Å². The highest BCUT2D eigenvalue weighted by Gasteiger charge is 2.23. The van der Waals surface area contributed by atoms with Gasteiger partial charge in [-0.25, -0.2) is 9.97 Å². The first-order chi connectivity index (χ1) is 7.66. The van der Waals surface area contributed by atoms with Crippen LogP contribution in [0.4, 0.5) is 0 Å². The first kappa shape index (κ1) is 14.8. The average molecular weight is 296 g/mol. The number of rotatable bonds is 2. The zero-order chi connectivity index (χ0) is 11.5. The van der Waals surface area contributed by atoms with Crippen LogP contribution in [0.25, 0.3) is 0 Å². The molecule has 96 valence electrons. The number of hydrogen-bond donors (Lipinski definition) is 1. The molecule has 2 rings (SSSR count). The minimum atomic E-state index is -1.16. The van der Waals surface area contributed by atoms with Gasteiger partial charge in [0.25, 0.3) is 0 Å². The predicted molar refractivity (Wildman–Crippen MR) is 71.3 cm³/mol. The van der Waals surface area contributed by atoms with Crippen molar-refractivity contribution in [2.45, 2.75) is 30.2 Å². The number of hydrogen-bond acceptors (Lipinski definition) is 4. The lowest BCUT2D eigenvalue weighted by Crippen LogP contribution is -2.36. The maximum atomic E-state index is 12.2. The molecule has 0 radical (unpaired) electrons. The van der Waals surface area contributed by atoms with Gasteiger partial charge in [0.2, 0.25) is 5.16 Å². The van der Waals surface area contributed by atoms with E-state index in [2.05, 4.69) is 15.3 Å². The molecule has 1 aliphatic heterocycles. The van der Waals surface area contributed by atoms with Crippen LogP contribution in [0.2, 0.25) is 5.15 Å². The van der Waals surface area contributed by atoms with Crippen molar-refractivity contribution in [3.63, 3.8) is 0 Å². The minimum Gasteiger partial charge on any atom is -0.316 e. The lowest BCUT2D eigenvalue weighted by Gasteiger charge is -2.21. The predicted octanol–water partition coefficient (Wildman–Crippen LogP) is 1.72. The highest BCUT2D eigenvalue weighted by atomic mass is 35.5. The largest absolute Gasteiger partial charge is 0.316 e. The SMILES string of the molecule is Cc1cc(Cl)nc(S(=O)C2CCCNC2)n1.Cl. The first-order valence-electron chi connectivity index (χ1n) is 5.29. The number of nitrogens with zero attached hydrogens (tertiary/aromatic N) is 2. The van der Waals surface area contributed by atoms with Crippen LogP contribution in [0.5, 0.6) is 0 Å². The minimum absolute atomic E-state index is 0. The van der Waals surface area contributed by atoms with Gasteiger partial charge >= 0.3 is 0 Å². The summed E-state index contributed by atoms with van der Waals surface area (Å²) in [5.41, 5.74) is 0.757. The first-order valence-corrected chi connectivity index (χ1v) is 6.88. The smallest absolute Gasteiger partial charge is 0.220 e. The molecular formula is C10H15Cl2N3OS. The molecule has 2 heterocycles. The van der Waals surface area contributed by atoms with Crippen molar-refractivity contribution in [3.05, 3.63) is 16.9 Å². The van der Waals surface area contributed by atoms with Gasteiger partial charge in [-0.05, 0) is 32.4 Å². The van der Waals surface area contributed by atoms with Gasteiger partial charge in [0.15, 0.2) is 0 Å². The Hall–Kier alpha value is -0.230. The Labute approximate surface area is 114 Å². The fraction of sp³-hybridized carbons (Fsp3) is 0.600. The molecule has 0 aromatic carbocycles. The molecule has 1 saturated heterocycles. The van der Waals surface area contributed by atoms with E-state index in [0.29, 0.717) is 10.3 Å². The molecule has 1 N–H and O–H groups in total. The summed E-state index contributed by atoms with van der Waals surface area (Å²) >= 11 is 5.83. The van der Waals surface area contributed by atoms with Crippen LogP contribution >= 0.6 is 24.0 Å². The Morgan fingerprint density at radius 3 is 2.88 bits per heavy atom. The van der Waals surface area contributed by atoms with Crippen molar-refractivity contribution in [3.8, 4) is 0 Å². The maximum Gasteiger partial charge on any atom is 0.220 e. The molecule has 7 heteroatoms. The van der Waals surface area contributed by atoms with E-state index in [1.165, 1.54) is 0 Å². The Balaban J connectivity index is 0.00000144. The summed E-state index contributed by atoms with van der Waals surface area (Å²) < 4.78 is 12.2. The van der Waals surface area contributed by atoms with E-state index in [-0.39, 0.29) is 17.7 Å². The van der Waals surface area contributed by atoms with E-state index in [9.17, 15) is 4.21 Å². The molecule has 4 nitrogen and oxygen atoms in total. The number of aromatic nitrogens is 2. The van der Waals surface area contributed by atoms with Crippen LogP contribution in [-0.2, 0) is 10.8 Å². The van der Waals surface area contributed by atoms with E-state index in [1.54, 1.807) is 6.07 Å². The van der Waals surface area contributed by atoms with Gasteiger partial charge in [-0.3, -0.25) is 4.21 Å². The Bertz CT molecular complexity index is 390. The summed E-state index contributed by atoms with van der Waals surface area (Å²) in [6.45, 7) is 3.60. The fourth-order valence-corrected chi connectivity index (χ4v) is 3.40. The van der Waals surface area contributed by atoms with E-state index in [4.69, 9.17) is 11.6 Å². The van der Waals surface area contributed by atoms with Crippen LogP contribution in [0.1, 0.15) is 18.5 Å². The van der Waals surface area contributed by atoms with Gasteiger partial charge in [-0.2, -0.15) is 0 Å². The van der Waals surface area contributed by atoms with Crippen molar-refractivity contribution in [1.82, 2.24) is 15.3 Å². The Morgan fingerprint density at radius 1 is 1.53 bits per heavy atom. The number of nitrogens with one attached hydrogen (secondary N) is 1. The van der Waals surface area contributed by atoms with Gasteiger partial charge < -0.3 is 5.32 Å². The van der Waals surface area contributed by atoms with Gasteiger partial charge in [0, 0.05) is 12.2 Å². The van der Waals surface area contributed by atoms with E-state index in [1.807, 2.05) is 6.92 Å². The molecule has 0 bridgehead atoms. The molecular weight excluding hydrogens is 281 g/mol. The van der Waals surface area contributed by atoms with Gasteiger partial charge in [0.05, 0.1) is 16.0 Å². The van der Waals surface area contributed by atoms with E-state index in [0.717, 1.165) is 31.6 Å². The third-order valence-corrected chi connectivity index (χ3v) is 4.28. The zero-order valence-electron chi connectivity index (χ0n) is 9.48. The molecule has 0 saturated carbocycles. The van der Waals surface area contributed by atoms with E-state index >= 15 is 0 Å². The lowest BCUT2D eigenvalue weighted by atomic mass is 10.2. The van der Waals surface area contributed by atoms with Gasteiger partial charge in [0.1, 0.15) is 5.15 Å².